The number of anilines is 1. The Hall–Kier alpha value is -2.26. The number of rotatable bonds is 5. The van der Waals surface area contributed by atoms with Gasteiger partial charge in [-0.1, -0.05) is 35.9 Å². The molecular formula is C19H19ClN2O. The largest absolute Gasteiger partial charge is 0.496 e. The van der Waals surface area contributed by atoms with Gasteiger partial charge in [0.25, 0.3) is 0 Å². The van der Waals surface area contributed by atoms with Crippen molar-refractivity contribution in [2.24, 2.45) is 0 Å². The van der Waals surface area contributed by atoms with Crippen LogP contribution in [0.2, 0.25) is 5.02 Å². The number of nitrogens with zero attached hydrogens (tertiary/aromatic N) is 1. The minimum Gasteiger partial charge on any atom is -0.496 e. The molecule has 0 aliphatic carbocycles. The van der Waals surface area contributed by atoms with Gasteiger partial charge in [0.2, 0.25) is 0 Å². The molecule has 1 heterocycles. The fourth-order valence-corrected chi connectivity index (χ4v) is 2.87. The van der Waals surface area contributed by atoms with E-state index in [0.717, 1.165) is 35.4 Å². The lowest BCUT2D eigenvalue weighted by atomic mass is 10.1. The summed E-state index contributed by atoms with van der Waals surface area (Å²) in [4.78, 5) is 4.64. The summed E-state index contributed by atoms with van der Waals surface area (Å²) < 4.78 is 5.38. The van der Waals surface area contributed by atoms with E-state index in [-0.39, 0.29) is 0 Å². The van der Waals surface area contributed by atoms with Gasteiger partial charge in [0, 0.05) is 17.0 Å². The van der Waals surface area contributed by atoms with Crippen LogP contribution in [-0.4, -0.2) is 18.6 Å². The number of hydrogen-bond acceptors (Lipinski definition) is 3. The van der Waals surface area contributed by atoms with Crippen LogP contribution in [-0.2, 0) is 6.42 Å². The molecule has 1 N–H and O–H groups in total. The van der Waals surface area contributed by atoms with Crippen molar-refractivity contribution in [3.63, 3.8) is 0 Å². The lowest BCUT2D eigenvalue weighted by Crippen LogP contribution is -2.07. The molecule has 3 nitrogen and oxygen atoms in total. The van der Waals surface area contributed by atoms with Crippen LogP contribution in [0.1, 0.15) is 11.1 Å². The standard InChI is InChI=1S/C19H19ClN2O/c1-13-11-19(22-17-12-15(20)7-8-16(13)17)21-10-9-14-5-3-4-6-18(14)23-2/h3-8,11-12H,9-10H2,1-2H3,(H,21,22). The van der Waals surface area contributed by atoms with Crippen molar-refractivity contribution in [2.75, 3.05) is 19.0 Å². The van der Waals surface area contributed by atoms with Crippen LogP contribution in [0.25, 0.3) is 10.9 Å². The summed E-state index contributed by atoms with van der Waals surface area (Å²) in [6, 6.07) is 15.9. The number of halogens is 1. The Balaban J connectivity index is 1.74. The summed E-state index contributed by atoms with van der Waals surface area (Å²) in [7, 11) is 1.70. The third-order valence-corrected chi connectivity index (χ3v) is 4.11. The number of pyridine rings is 1. The Bertz CT molecular complexity index is 833. The summed E-state index contributed by atoms with van der Waals surface area (Å²) in [5.41, 5.74) is 3.28. The van der Waals surface area contributed by atoms with Gasteiger partial charge in [-0.05, 0) is 48.7 Å². The van der Waals surface area contributed by atoms with Gasteiger partial charge in [-0.3, -0.25) is 0 Å². The van der Waals surface area contributed by atoms with E-state index in [4.69, 9.17) is 16.3 Å². The van der Waals surface area contributed by atoms with E-state index in [1.54, 1.807) is 7.11 Å². The van der Waals surface area contributed by atoms with Crippen molar-refractivity contribution in [3.05, 3.63) is 64.7 Å². The minimum absolute atomic E-state index is 0.704. The molecule has 0 bridgehead atoms. The van der Waals surface area contributed by atoms with E-state index in [2.05, 4.69) is 29.4 Å². The quantitative estimate of drug-likeness (QED) is 0.727. The highest BCUT2D eigenvalue weighted by atomic mass is 35.5. The number of aromatic nitrogens is 1. The van der Waals surface area contributed by atoms with Crippen LogP contribution in [0, 0.1) is 6.92 Å². The number of para-hydroxylation sites is 1. The normalized spacial score (nSPS) is 10.7. The molecule has 0 atom stereocenters. The maximum atomic E-state index is 6.07. The molecule has 1 aromatic heterocycles. The Morgan fingerprint density at radius 1 is 1.13 bits per heavy atom. The van der Waals surface area contributed by atoms with E-state index < -0.39 is 0 Å². The Labute approximate surface area is 141 Å². The number of aryl methyl sites for hydroxylation is 1. The molecular weight excluding hydrogens is 308 g/mol. The molecule has 0 aliphatic rings. The molecule has 0 fully saturated rings. The van der Waals surface area contributed by atoms with Gasteiger partial charge in [0.05, 0.1) is 12.6 Å². The summed E-state index contributed by atoms with van der Waals surface area (Å²) >= 11 is 6.07. The molecule has 23 heavy (non-hydrogen) atoms. The van der Waals surface area contributed by atoms with Crippen molar-refractivity contribution in [1.29, 1.82) is 0 Å². The van der Waals surface area contributed by atoms with Crippen LogP contribution < -0.4 is 10.1 Å². The third-order valence-electron chi connectivity index (χ3n) is 3.87. The van der Waals surface area contributed by atoms with Crippen LogP contribution >= 0.6 is 11.6 Å². The smallest absolute Gasteiger partial charge is 0.126 e. The highest BCUT2D eigenvalue weighted by Crippen LogP contribution is 2.23. The highest BCUT2D eigenvalue weighted by Gasteiger charge is 2.05. The summed E-state index contributed by atoms with van der Waals surface area (Å²) in [6.07, 6.45) is 0.873. The van der Waals surface area contributed by atoms with Gasteiger partial charge in [0.15, 0.2) is 0 Å². The Morgan fingerprint density at radius 2 is 1.96 bits per heavy atom. The van der Waals surface area contributed by atoms with Crippen molar-refractivity contribution >= 4 is 28.3 Å². The highest BCUT2D eigenvalue weighted by molar-refractivity contribution is 6.31. The molecule has 3 rings (SSSR count). The van der Waals surface area contributed by atoms with Crippen LogP contribution in [0.3, 0.4) is 0 Å². The summed E-state index contributed by atoms with van der Waals surface area (Å²) in [5, 5.41) is 5.22. The number of hydrogen-bond donors (Lipinski definition) is 1. The molecule has 0 amide bonds. The first-order chi connectivity index (χ1) is 11.2. The molecule has 3 aromatic rings. The van der Waals surface area contributed by atoms with E-state index >= 15 is 0 Å². The number of benzene rings is 2. The molecule has 2 aromatic carbocycles. The van der Waals surface area contributed by atoms with Crippen LogP contribution in [0.15, 0.2) is 48.5 Å². The van der Waals surface area contributed by atoms with Gasteiger partial charge in [-0.15, -0.1) is 0 Å². The SMILES string of the molecule is COc1ccccc1CCNc1cc(C)c2ccc(Cl)cc2n1. The van der Waals surface area contributed by atoms with E-state index in [1.165, 1.54) is 11.1 Å². The van der Waals surface area contributed by atoms with Crippen LogP contribution in [0.5, 0.6) is 5.75 Å². The molecule has 118 valence electrons. The predicted molar refractivity (Wildman–Crippen MR) is 96.7 cm³/mol. The molecule has 0 unspecified atom stereocenters. The van der Waals surface area contributed by atoms with Crippen LogP contribution in [0.4, 0.5) is 5.82 Å². The second-order valence-electron chi connectivity index (χ2n) is 5.47. The lowest BCUT2D eigenvalue weighted by Gasteiger charge is -2.11. The number of ether oxygens (including phenoxy) is 1. The predicted octanol–water partition coefficient (Wildman–Crippen LogP) is 4.86. The van der Waals surface area contributed by atoms with Gasteiger partial charge in [0.1, 0.15) is 11.6 Å². The summed E-state index contributed by atoms with van der Waals surface area (Å²) in [5.74, 6) is 1.79. The first kappa shape index (κ1) is 15.6. The molecule has 4 heteroatoms. The topological polar surface area (TPSA) is 34.1 Å². The zero-order valence-corrected chi connectivity index (χ0v) is 14.0. The number of fused-ring (bicyclic) bond motifs is 1. The Morgan fingerprint density at radius 3 is 2.78 bits per heavy atom. The zero-order valence-electron chi connectivity index (χ0n) is 13.3. The molecule has 0 radical (unpaired) electrons. The first-order valence-corrected chi connectivity index (χ1v) is 7.98. The van der Waals surface area contributed by atoms with Crippen molar-refractivity contribution in [1.82, 2.24) is 4.98 Å². The molecule has 0 spiro atoms. The Kier molecular flexibility index (Phi) is 4.68. The fraction of sp³-hybridized carbons (Fsp3) is 0.211. The molecule has 0 saturated heterocycles. The van der Waals surface area contributed by atoms with E-state index in [9.17, 15) is 0 Å². The molecule has 0 saturated carbocycles. The van der Waals surface area contributed by atoms with E-state index in [1.807, 2.05) is 36.4 Å². The van der Waals surface area contributed by atoms with E-state index in [0.29, 0.717) is 5.02 Å². The number of methoxy groups -OCH3 is 1. The maximum absolute atomic E-state index is 6.07. The lowest BCUT2D eigenvalue weighted by molar-refractivity contribution is 0.410. The number of nitrogens with one attached hydrogen (secondary N) is 1. The van der Waals surface area contributed by atoms with Gasteiger partial charge >= 0.3 is 0 Å². The maximum Gasteiger partial charge on any atom is 0.126 e. The van der Waals surface area contributed by atoms with Gasteiger partial charge in [-0.25, -0.2) is 4.98 Å². The molecule has 0 aliphatic heterocycles. The second-order valence-corrected chi connectivity index (χ2v) is 5.91. The average molecular weight is 327 g/mol. The average Bonchev–Trinajstić information content (AvgIpc) is 2.55. The fourth-order valence-electron chi connectivity index (χ4n) is 2.70. The minimum atomic E-state index is 0.704. The first-order valence-electron chi connectivity index (χ1n) is 7.60. The second kappa shape index (κ2) is 6.88. The van der Waals surface area contributed by atoms with Gasteiger partial charge < -0.3 is 10.1 Å². The van der Waals surface area contributed by atoms with Crippen molar-refractivity contribution in [2.45, 2.75) is 13.3 Å². The van der Waals surface area contributed by atoms with Gasteiger partial charge in [-0.2, -0.15) is 0 Å². The van der Waals surface area contributed by atoms with Crippen molar-refractivity contribution in [3.8, 4) is 5.75 Å². The van der Waals surface area contributed by atoms with Crippen molar-refractivity contribution < 1.29 is 4.74 Å². The summed E-state index contributed by atoms with van der Waals surface area (Å²) in [6.45, 7) is 2.88. The zero-order chi connectivity index (χ0) is 16.2. The monoisotopic (exact) mass is 326 g/mol. The third kappa shape index (κ3) is 3.57.